The first-order valence-corrected chi connectivity index (χ1v) is 38.9. The van der Waals surface area contributed by atoms with Crippen molar-refractivity contribution in [2.24, 2.45) is 0 Å². The van der Waals surface area contributed by atoms with E-state index in [1.54, 1.807) is 4.57 Å². The molecule has 19 aromatic rings. The van der Waals surface area contributed by atoms with E-state index in [9.17, 15) is 26.0 Å². The maximum absolute atomic E-state index is 12.1. The van der Waals surface area contributed by atoms with Crippen LogP contribution >= 0.6 is 0 Å². The summed E-state index contributed by atoms with van der Waals surface area (Å²) in [6.07, 6.45) is 2.76. The summed E-state index contributed by atoms with van der Waals surface area (Å²) < 4.78 is 232. The highest BCUT2D eigenvalue weighted by Crippen LogP contribution is 2.58. The first-order chi connectivity index (χ1) is 66.5. The van der Waals surface area contributed by atoms with Gasteiger partial charge < -0.3 is 23.7 Å². The fourth-order valence-corrected chi connectivity index (χ4v) is 18.0. The van der Waals surface area contributed by atoms with Crippen molar-refractivity contribution in [1.29, 1.82) is 0 Å². The number of hydrogen-bond acceptors (Lipinski definition) is 6. The Kier molecular flexibility index (Phi) is 11.0. The summed E-state index contributed by atoms with van der Waals surface area (Å²) in [4.78, 5) is 18.5. The molecule has 0 unspecified atom stereocenters. The van der Waals surface area contributed by atoms with Gasteiger partial charge in [0.05, 0.1) is 63.8 Å². The van der Waals surface area contributed by atoms with Gasteiger partial charge in [0.15, 0.2) is 5.82 Å². The molecular formula is C107H77B2N7O. The summed E-state index contributed by atoms with van der Waals surface area (Å²) in [6.45, 7) is 9.97. The van der Waals surface area contributed by atoms with Crippen LogP contribution in [0.15, 0.2) is 358 Å². The lowest BCUT2D eigenvalue weighted by atomic mass is 9.31. The fourth-order valence-electron chi connectivity index (χ4n) is 18.0. The van der Waals surface area contributed by atoms with Crippen LogP contribution in [0.25, 0.3) is 133 Å². The van der Waals surface area contributed by atoms with E-state index < -0.39 is 185 Å². The van der Waals surface area contributed by atoms with Crippen molar-refractivity contribution in [3.8, 4) is 101 Å². The molecule has 0 bridgehead atoms. The van der Waals surface area contributed by atoms with Crippen molar-refractivity contribution < 1.29 is 34.9 Å². The Morgan fingerprint density at radius 1 is 0.333 bits per heavy atom. The van der Waals surface area contributed by atoms with Crippen LogP contribution in [0.1, 0.15) is 82.8 Å². The lowest BCUT2D eigenvalue weighted by Gasteiger charge is -2.47. The van der Waals surface area contributed by atoms with Gasteiger partial charge >= 0.3 is 0 Å². The molecule has 0 amide bonds. The van der Waals surface area contributed by atoms with Gasteiger partial charge in [-0.05, 0) is 184 Å². The molecule has 4 aliphatic rings. The van der Waals surface area contributed by atoms with Gasteiger partial charge in [0, 0.05) is 83.3 Å². The maximum atomic E-state index is 12.1. The quantitative estimate of drug-likeness (QED) is 0.127. The van der Waals surface area contributed by atoms with Gasteiger partial charge in [0.1, 0.15) is 24.2 Å². The summed E-state index contributed by atoms with van der Waals surface area (Å²) in [5.41, 5.74) is 8.39. The highest BCUT2D eigenvalue weighted by molar-refractivity contribution is 7.02. The predicted octanol–water partition coefficient (Wildman–Crippen LogP) is 23.3. The molecule has 0 saturated heterocycles. The fraction of sp³-hybridized carbons (Fsp3) is 0.0748. The molecule has 16 aromatic carbocycles. The molecule has 0 spiro atoms. The first kappa shape index (κ1) is 49.3. The van der Waals surface area contributed by atoms with Crippen LogP contribution < -0.4 is 47.3 Å². The van der Waals surface area contributed by atoms with Crippen LogP contribution in [0.2, 0.25) is 0 Å². The minimum absolute atomic E-state index is 0.0425. The van der Waals surface area contributed by atoms with Crippen molar-refractivity contribution in [1.82, 2.24) is 24.1 Å². The van der Waals surface area contributed by atoms with Crippen molar-refractivity contribution in [2.75, 3.05) is 9.80 Å². The van der Waals surface area contributed by atoms with Crippen LogP contribution in [-0.2, 0) is 10.8 Å². The van der Waals surface area contributed by atoms with Crippen LogP contribution in [0, 0.1) is 0 Å². The van der Waals surface area contributed by atoms with E-state index in [-0.39, 0.29) is 89.0 Å². The Bertz CT molecular complexity index is 8500. The number of hydrogen-bond donors (Lipinski definition) is 0. The number of fused-ring (bicyclic) bond motifs is 15. The second-order valence-corrected chi connectivity index (χ2v) is 32.1. The monoisotopic (exact) mass is 1520 g/mol. The largest absolute Gasteiger partial charge is 0.456 e. The van der Waals surface area contributed by atoms with Gasteiger partial charge in [-0.3, -0.25) is 0 Å². The average molecular weight is 1520 g/mol. The summed E-state index contributed by atoms with van der Waals surface area (Å²) in [7, 11) is 0. The Balaban J connectivity index is 0.997. The molecule has 0 fully saturated rings. The maximum Gasteiger partial charge on any atom is 0.256 e. The average Bonchev–Trinajstić information content (AvgIpc) is 1.62. The first-order valence-electron chi connectivity index (χ1n) is 49.9. The molecule has 0 atom stereocenters. The predicted molar refractivity (Wildman–Crippen MR) is 489 cm³/mol. The molecule has 3 aromatic heterocycles. The molecule has 0 saturated carbocycles. The number of nitrogens with zero attached hydrogens (tertiary/aromatic N) is 7. The zero-order chi connectivity index (χ0) is 97.3. The number of anilines is 6. The molecule has 117 heavy (non-hydrogen) atoms. The van der Waals surface area contributed by atoms with Crippen LogP contribution in [0.4, 0.5) is 34.1 Å². The Hall–Kier alpha value is -14.3. The van der Waals surface area contributed by atoms with Gasteiger partial charge in [0.25, 0.3) is 13.4 Å². The zero-order valence-corrected chi connectivity index (χ0v) is 64.1. The molecule has 0 aliphatic carbocycles. The number of aromatic nitrogens is 5. The third-order valence-electron chi connectivity index (χ3n) is 23.4. The van der Waals surface area contributed by atoms with E-state index in [4.69, 9.17) is 18.8 Å². The van der Waals surface area contributed by atoms with E-state index in [2.05, 4.69) is 75.7 Å². The number of para-hydroxylation sites is 3. The number of rotatable bonds is 10. The topological polar surface area (TPSA) is 64.2 Å². The molecule has 23 rings (SSSR count). The second-order valence-electron chi connectivity index (χ2n) is 32.1. The van der Waals surface area contributed by atoms with Crippen molar-refractivity contribution in [2.45, 2.75) is 52.4 Å². The molecular weight excluding hydrogens is 1420 g/mol. The van der Waals surface area contributed by atoms with E-state index in [1.165, 1.54) is 12.7 Å². The zero-order valence-electron chi connectivity index (χ0n) is 86.1. The van der Waals surface area contributed by atoms with Crippen LogP contribution in [0.5, 0.6) is 11.5 Å². The lowest BCUT2D eigenvalue weighted by molar-refractivity contribution is 0.489. The van der Waals surface area contributed by atoms with Gasteiger partial charge in [-0.25, -0.2) is 15.0 Å². The van der Waals surface area contributed by atoms with Crippen molar-refractivity contribution in [3.63, 3.8) is 0 Å². The molecule has 8 nitrogen and oxygen atoms in total. The minimum Gasteiger partial charge on any atom is -0.456 e. The summed E-state index contributed by atoms with van der Waals surface area (Å²) in [5, 5.41) is -1.08. The molecule has 0 N–H and O–H groups in total. The van der Waals surface area contributed by atoms with Crippen molar-refractivity contribution in [3.05, 3.63) is 369 Å². The van der Waals surface area contributed by atoms with Crippen molar-refractivity contribution >= 4 is 124 Å². The SMILES string of the molecule is [2H]c1c([2H])c([2H])c(-c2c([2H])c([2H])c3c(c2[2H])c2c([2H])c([2H])c([2H])c4c2n3-c2cc3c(c5c2B4c2ccc(-c4ccccc4)cc2O5)N(c2c(-c4ccccc4)cc(C(C)(C)C)cc2-c2ccccc2)c2cc(-c4ncncn4)cc4c2B3c2c([2H])c([2H])c(-n3c5c([2H])c([2H])c([2H])c([2H])c5c5c([2H])c([2H])c([2H])c([2H])c53)c([2H])c2N4c2c(-c3ccccc3)cc(C(C)(C)C)cc2-c2ccccc2)c([2H])c1[2H]. The Morgan fingerprint density at radius 2 is 0.846 bits per heavy atom. The molecule has 0 radical (unpaired) electrons. The third-order valence-corrected chi connectivity index (χ3v) is 23.4. The van der Waals surface area contributed by atoms with Gasteiger partial charge in [0.2, 0.25) is 0 Å². The van der Waals surface area contributed by atoms with E-state index >= 15 is 0 Å². The van der Waals surface area contributed by atoms with E-state index in [0.29, 0.717) is 78.0 Å². The van der Waals surface area contributed by atoms with E-state index in [0.717, 1.165) is 32.4 Å². The Morgan fingerprint density at radius 3 is 1.42 bits per heavy atom. The highest BCUT2D eigenvalue weighted by atomic mass is 16.5. The second kappa shape index (κ2) is 26.1. The van der Waals surface area contributed by atoms with Gasteiger partial charge in [-0.2, -0.15) is 0 Å². The van der Waals surface area contributed by atoms with Gasteiger partial charge in [-0.15, -0.1) is 0 Å². The molecule has 7 heterocycles. The number of ether oxygens (including phenoxy) is 1. The highest BCUT2D eigenvalue weighted by Gasteiger charge is 2.51. The number of benzene rings is 16. The lowest BCUT2D eigenvalue weighted by Crippen LogP contribution is -2.64. The summed E-state index contributed by atoms with van der Waals surface area (Å²) >= 11 is 0. The minimum atomic E-state index is -1.53. The van der Waals surface area contributed by atoms with Crippen LogP contribution in [0.3, 0.4) is 0 Å². The third kappa shape index (κ3) is 10.6. The molecule has 10 heteroatoms. The summed E-state index contributed by atoms with van der Waals surface area (Å²) in [6, 6.07) is 53.5. The normalized spacial score (nSPS) is 15.7. The summed E-state index contributed by atoms with van der Waals surface area (Å²) in [5.74, 6) is 0.452. The molecule has 4 aliphatic heterocycles. The molecule has 552 valence electrons. The van der Waals surface area contributed by atoms with E-state index in [1.807, 2.05) is 193 Å². The smallest absolute Gasteiger partial charge is 0.256 e. The van der Waals surface area contributed by atoms with Crippen LogP contribution in [-0.4, -0.2) is 37.5 Å². The van der Waals surface area contributed by atoms with Gasteiger partial charge in [-0.1, -0.05) is 302 Å². The Labute approximate surface area is 712 Å². The standard InChI is InChI=1S/C107H77B2N7O/c1-106(2,3)75-58-81(68-34-17-9-18-35-68)100(82(59-75)69-36-19-10-20-37-69)115-93-62-77(113-90-46-27-25-42-78(90)79-43-26-28-47-91(79)113)50-52-86(93)108-89-63-96-99-104(117-97-57-73(67-32-15-8-16-33-67)48-51-87(97)109(99)88-45-29-44-80-85-54-72(66-30-13-7-14-31-66)49-53-92(85)114(96)102(80)88)103(89)116(95-56-74(55-94(115)98(95)108)105-111-64-110-65-112-105)101-83(70-38-21-11-22-39-70)60-76(107(4,5)6)61-84(101)71-40-23-12-24-41-71/h7-65H,1-6H3/i7D,13D,14D,25D,26D,27D,28D,29D,30D,31D,42D,43D,44D,45D,46D,47D,49D,50D,52D,53D,54D,62D.